The minimum atomic E-state index is -0.0713. The van der Waals surface area contributed by atoms with E-state index in [1.165, 1.54) is 11.1 Å². The van der Waals surface area contributed by atoms with Gasteiger partial charge in [-0.2, -0.15) is 0 Å². The van der Waals surface area contributed by atoms with Crippen molar-refractivity contribution in [3.63, 3.8) is 0 Å². The Hall–Kier alpha value is -0.800. The average Bonchev–Trinajstić information content (AvgIpc) is 2.58. The molecule has 0 aliphatic carbocycles. The highest BCUT2D eigenvalue weighted by atomic mass is 79.9. The quantitative estimate of drug-likeness (QED) is 0.888. The van der Waals surface area contributed by atoms with E-state index in [-0.39, 0.29) is 12.0 Å². The number of aliphatic hydroxyl groups excluding tert-OH is 1. The van der Waals surface area contributed by atoms with E-state index in [4.69, 9.17) is 0 Å². The summed E-state index contributed by atoms with van der Waals surface area (Å²) in [5.74, 6) is 0. The second-order valence-electron chi connectivity index (χ2n) is 5.03. The fourth-order valence-corrected chi connectivity index (χ4v) is 2.21. The summed E-state index contributed by atoms with van der Waals surface area (Å²) in [5, 5.41) is 10.5. The summed E-state index contributed by atoms with van der Waals surface area (Å²) in [4.78, 5) is 3.38. The van der Waals surface area contributed by atoms with E-state index in [0.717, 1.165) is 16.4 Å². The Morgan fingerprint density at radius 1 is 1.31 bits per heavy atom. The molecule has 2 N–H and O–H groups in total. The molecular weight excluding hydrogens is 266 g/mol. The minimum absolute atomic E-state index is 0.0713. The summed E-state index contributed by atoms with van der Waals surface area (Å²) in [7, 11) is 0. The van der Waals surface area contributed by atoms with Crippen LogP contribution in [0.15, 0.2) is 28.7 Å². The van der Waals surface area contributed by atoms with Gasteiger partial charge in [-0.25, -0.2) is 0 Å². The second kappa shape index (κ2) is 4.22. The first-order valence-electron chi connectivity index (χ1n) is 5.38. The van der Waals surface area contributed by atoms with Gasteiger partial charge in [0.25, 0.3) is 0 Å². The number of fused-ring (bicyclic) bond motifs is 1. The van der Waals surface area contributed by atoms with Crippen LogP contribution in [0.4, 0.5) is 0 Å². The number of benzene rings is 1. The fourth-order valence-electron chi connectivity index (χ4n) is 1.83. The number of rotatable bonds is 3. The van der Waals surface area contributed by atoms with Gasteiger partial charge in [0.2, 0.25) is 0 Å². The minimum Gasteiger partial charge on any atom is -0.396 e. The molecule has 0 unspecified atom stereocenters. The molecule has 0 radical (unpaired) electrons. The predicted octanol–water partition coefficient (Wildman–Crippen LogP) is 3.49. The van der Waals surface area contributed by atoms with E-state index in [1.54, 1.807) is 0 Å². The van der Waals surface area contributed by atoms with Crippen molar-refractivity contribution >= 4 is 26.8 Å². The molecule has 0 aliphatic rings. The molecule has 0 bridgehead atoms. The summed E-state index contributed by atoms with van der Waals surface area (Å²) in [5.41, 5.74) is 2.25. The van der Waals surface area contributed by atoms with Crippen molar-refractivity contribution in [2.45, 2.75) is 20.3 Å². The largest absolute Gasteiger partial charge is 0.396 e. The van der Waals surface area contributed by atoms with E-state index >= 15 is 0 Å². The molecule has 86 valence electrons. The van der Waals surface area contributed by atoms with Gasteiger partial charge in [-0.15, -0.1) is 0 Å². The van der Waals surface area contributed by atoms with Crippen LogP contribution < -0.4 is 0 Å². The third-order valence-corrected chi connectivity index (χ3v) is 3.23. The van der Waals surface area contributed by atoms with Crippen molar-refractivity contribution in [2.24, 2.45) is 5.41 Å². The van der Waals surface area contributed by atoms with Gasteiger partial charge in [0.1, 0.15) is 0 Å². The van der Waals surface area contributed by atoms with E-state index in [9.17, 15) is 5.11 Å². The van der Waals surface area contributed by atoms with Crippen LogP contribution in [0.25, 0.3) is 10.9 Å². The van der Waals surface area contributed by atoms with Crippen LogP contribution >= 0.6 is 15.9 Å². The number of aromatic amines is 1. The third-order valence-electron chi connectivity index (χ3n) is 2.74. The summed E-state index contributed by atoms with van der Waals surface area (Å²) in [6.07, 6.45) is 0.857. The van der Waals surface area contributed by atoms with Gasteiger partial charge < -0.3 is 10.1 Å². The monoisotopic (exact) mass is 281 g/mol. The molecule has 2 aromatic rings. The molecule has 16 heavy (non-hydrogen) atoms. The van der Waals surface area contributed by atoms with Crippen LogP contribution in [0, 0.1) is 5.41 Å². The maximum Gasteiger partial charge on any atom is 0.0485 e. The molecule has 0 saturated heterocycles. The topological polar surface area (TPSA) is 36.0 Å². The molecule has 1 aromatic carbocycles. The maximum absolute atomic E-state index is 9.25. The van der Waals surface area contributed by atoms with Gasteiger partial charge in [0.15, 0.2) is 0 Å². The van der Waals surface area contributed by atoms with Crippen molar-refractivity contribution < 1.29 is 5.11 Å². The summed E-state index contributed by atoms with van der Waals surface area (Å²) >= 11 is 3.46. The highest BCUT2D eigenvalue weighted by molar-refractivity contribution is 9.10. The Bertz CT molecular complexity index is 502. The second-order valence-corrected chi connectivity index (χ2v) is 5.94. The third kappa shape index (κ3) is 2.47. The van der Waals surface area contributed by atoms with Crippen LogP contribution in [0.2, 0.25) is 0 Å². The van der Waals surface area contributed by atoms with Crippen LogP contribution in [0.1, 0.15) is 19.5 Å². The zero-order valence-corrected chi connectivity index (χ0v) is 11.1. The Morgan fingerprint density at radius 2 is 2.06 bits per heavy atom. The van der Waals surface area contributed by atoms with Crippen LogP contribution in [0.3, 0.4) is 0 Å². The first-order chi connectivity index (χ1) is 7.50. The highest BCUT2D eigenvalue weighted by Gasteiger charge is 2.18. The summed E-state index contributed by atoms with van der Waals surface area (Å²) in [6, 6.07) is 8.34. The van der Waals surface area contributed by atoms with Gasteiger partial charge in [0.05, 0.1) is 0 Å². The average molecular weight is 282 g/mol. The number of nitrogens with one attached hydrogen (secondary N) is 1. The van der Waals surface area contributed by atoms with Crippen molar-refractivity contribution in [2.75, 3.05) is 6.61 Å². The number of halogens is 1. The Balaban J connectivity index is 2.33. The summed E-state index contributed by atoms with van der Waals surface area (Å²) in [6.45, 7) is 4.33. The summed E-state index contributed by atoms with van der Waals surface area (Å²) < 4.78 is 1.09. The zero-order valence-electron chi connectivity index (χ0n) is 9.55. The van der Waals surface area contributed by atoms with Crippen LogP contribution in [-0.2, 0) is 6.42 Å². The van der Waals surface area contributed by atoms with Crippen molar-refractivity contribution in [1.29, 1.82) is 0 Å². The van der Waals surface area contributed by atoms with Crippen molar-refractivity contribution in [3.8, 4) is 0 Å². The van der Waals surface area contributed by atoms with Crippen LogP contribution in [-0.4, -0.2) is 16.7 Å². The molecule has 0 spiro atoms. The SMILES string of the molecule is CC(C)(CO)Cc1cc2cc(Br)ccc2[nH]1. The molecule has 0 aliphatic heterocycles. The maximum atomic E-state index is 9.25. The highest BCUT2D eigenvalue weighted by Crippen LogP contribution is 2.25. The van der Waals surface area contributed by atoms with Crippen LogP contribution in [0.5, 0.6) is 0 Å². The standard InChI is InChI=1S/C13H16BrNO/c1-13(2,8-16)7-11-6-9-5-10(14)3-4-12(9)15-11/h3-6,15-16H,7-8H2,1-2H3. The first-order valence-corrected chi connectivity index (χ1v) is 6.17. The van der Waals surface area contributed by atoms with Gasteiger partial charge in [-0.05, 0) is 36.1 Å². The van der Waals surface area contributed by atoms with Crippen molar-refractivity contribution in [3.05, 3.63) is 34.4 Å². The normalized spacial score (nSPS) is 12.2. The molecule has 0 atom stereocenters. The molecule has 3 heteroatoms. The Kier molecular flexibility index (Phi) is 3.08. The molecule has 2 nitrogen and oxygen atoms in total. The number of hydrogen-bond donors (Lipinski definition) is 2. The fraction of sp³-hybridized carbons (Fsp3) is 0.385. The van der Waals surface area contributed by atoms with E-state index in [2.05, 4.69) is 53.0 Å². The molecule has 1 heterocycles. The molecule has 2 rings (SSSR count). The Morgan fingerprint density at radius 3 is 2.75 bits per heavy atom. The molecule has 0 fully saturated rings. The molecule has 0 saturated carbocycles. The smallest absolute Gasteiger partial charge is 0.0485 e. The molecule has 0 amide bonds. The van der Waals surface area contributed by atoms with Gasteiger partial charge in [-0.1, -0.05) is 29.8 Å². The van der Waals surface area contributed by atoms with E-state index < -0.39 is 0 Å². The Labute approximate surface area is 104 Å². The zero-order chi connectivity index (χ0) is 11.8. The van der Waals surface area contributed by atoms with Crippen molar-refractivity contribution in [1.82, 2.24) is 4.98 Å². The van der Waals surface area contributed by atoms with Gasteiger partial charge in [-0.3, -0.25) is 0 Å². The number of H-pyrrole nitrogens is 1. The van der Waals surface area contributed by atoms with E-state index in [1.807, 2.05) is 6.07 Å². The van der Waals surface area contributed by atoms with Gasteiger partial charge in [0, 0.05) is 27.7 Å². The number of aromatic nitrogens is 1. The lowest BCUT2D eigenvalue weighted by Gasteiger charge is -2.20. The van der Waals surface area contributed by atoms with E-state index in [0.29, 0.717) is 0 Å². The lowest BCUT2D eigenvalue weighted by atomic mass is 9.89. The predicted molar refractivity (Wildman–Crippen MR) is 70.6 cm³/mol. The molecule has 1 aromatic heterocycles. The lowest BCUT2D eigenvalue weighted by Crippen LogP contribution is -2.19. The number of hydrogen-bond acceptors (Lipinski definition) is 1. The number of aliphatic hydroxyl groups is 1. The lowest BCUT2D eigenvalue weighted by molar-refractivity contribution is 0.159. The van der Waals surface area contributed by atoms with Gasteiger partial charge >= 0.3 is 0 Å². The first kappa shape index (κ1) is 11.7. The molecular formula is C13H16BrNO.